The SMILES string of the molecule is CCN(CC)CCCC(C)NC(=NC)NCc1cccnc1OC.I. The predicted molar refractivity (Wildman–Crippen MR) is 116 cm³/mol. The van der Waals surface area contributed by atoms with Crippen molar-refractivity contribution < 1.29 is 4.74 Å². The Bertz CT molecular complexity index is 494. The molecular weight excluding hydrogens is 429 g/mol. The molecule has 144 valence electrons. The van der Waals surface area contributed by atoms with Crippen LogP contribution in [0.1, 0.15) is 39.2 Å². The molecule has 0 aliphatic heterocycles. The zero-order valence-corrected chi connectivity index (χ0v) is 18.5. The molecule has 7 heteroatoms. The van der Waals surface area contributed by atoms with E-state index in [2.05, 4.69) is 46.3 Å². The maximum absolute atomic E-state index is 5.27. The van der Waals surface area contributed by atoms with Crippen molar-refractivity contribution in [1.29, 1.82) is 0 Å². The van der Waals surface area contributed by atoms with Gasteiger partial charge in [0, 0.05) is 31.4 Å². The molecule has 0 saturated heterocycles. The lowest BCUT2D eigenvalue weighted by Gasteiger charge is -2.21. The van der Waals surface area contributed by atoms with Gasteiger partial charge in [0.2, 0.25) is 5.88 Å². The van der Waals surface area contributed by atoms with Crippen LogP contribution >= 0.6 is 24.0 Å². The number of rotatable bonds is 10. The summed E-state index contributed by atoms with van der Waals surface area (Å²) in [5.41, 5.74) is 1.01. The molecule has 6 nitrogen and oxygen atoms in total. The Labute approximate surface area is 169 Å². The third kappa shape index (κ3) is 9.25. The average Bonchev–Trinajstić information content (AvgIpc) is 2.62. The van der Waals surface area contributed by atoms with Gasteiger partial charge in [-0.3, -0.25) is 4.99 Å². The maximum Gasteiger partial charge on any atom is 0.218 e. The minimum Gasteiger partial charge on any atom is -0.481 e. The van der Waals surface area contributed by atoms with E-state index in [4.69, 9.17) is 4.74 Å². The molecule has 2 N–H and O–H groups in total. The summed E-state index contributed by atoms with van der Waals surface area (Å²) in [4.78, 5) is 11.0. The van der Waals surface area contributed by atoms with Crippen LogP contribution in [0.3, 0.4) is 0 Å². The number of aromatic nitrogens is 1. The van der Waals surface area contributed by atoms with Gasteiger partial charge in [-0.2, -0.15) is 0 Å². The molecule has 0 aliphatic rings. The Hall–Kier alpha value is -1.09. The van der Waals surface area contributed by atoms with Crippen LogP contribution < -0.4 is 15.4 Å². The number of hydrogen-bond donors (Lipinski definition) is 2. The monoisotopic (exact) mass is 463 g/mol. The van der Waals surface area contributed by atoms with Crippen LogP contribution in [0.25, 0.3) is 0 Å². The molecule has 1 unspecified atom stereocenters. The van der Waals surface area contributed by atoms with Gasteiger partial charge in [-0.05, 0) is 45.5 Å². The predicted octanol–water partition coefficient (Wildman–Crippen LogP) is 2.88. The van der Waals surface area contributed by atoms with E-state index in [0.29, 0.717) is 18.5 Å². The van der Waals surface area contributed by atoms with Crippen LogP contribution in [0.15, 0.2) is 23.3 Å². The molecule has 25 heavy (non-hydrogen) atoms. The summed E-state index contributed by atoms with van der Waals surface area (Å²) >= 11 is 0. The third-order valence-electron chi connectivity index (χ3n) is 4.10. The van der Waals surface area contributed by atoms with Crippen molar-refractivity contribution in [1.82, 2.24) is 20.5 Å². The first-order valence-corrected chi connectivity index (χ1v) is 8.81. The van der Waals surface area contributed by atoms with Crippen LogP contribution in [0.5, 0.6) is 5.88 Å². The fourth-order valence-electron chi connectivity index (χ4n) is 2.58. The van der Waals surface area contributed by atoms with Crippen LogP contribution in [-0.4, -0.2) is 55.7 Å². The molecule has 1 rings (SSSR count). The van der Waals surface area contributed by atoms with Crippen molar-refractivity contribution in [3.8, 4) is 5.88 Å². The number of nitrogens with zero attached hydrogens (tertiary/aromatic N) is 3. The number of hydrogen-bond acceptors (Lipinski definition) is 4. The standard InChI is InChI=1S/C18H33N5O.HI/c1-6-23(7-2)13-9-10-15(3)22-18(19-4)21-14-16-11-8-12-20-17(16)24-5;/h8,11-12,15H,6-7,9-10,13-14H2,1-5H3,(H2,19,21,22);1H. The second kappa shape index (κ2) is 14.1. The smallest absolute Gasteiger partial charge is 0.218 e. The Morgan fingerprint density at radius 3 is 2.68 bits per heavy atom. The number of ether oxygens (including phenoxy) is 1. The fourth-order valence-corrected chi connectivity index (χ4v) is 2.58. The zero-order chi connectivity index (χ0) is 17.8. The Balaban J connectivity index is 0.00000576. The molecule has 0 aliphatic carbocycles. The quantitative estimate of drug-likeness (QED) is 0.318. The van der Waals surface area contributed by atoms with Crippen molar-refractivity contribution >= 4 is 29.9 Å². The normalized spacial score (nSPS) is 12.5. The highest BCUT2D eigenvalue weighted by atomic mass is 127. The highest BCUT2D eigenvalue weighted by Gasteiger charge is 2.08. The van der Waals surface area contributed by atoms with Gasteiger partial charge >= 0.3 is 0 Å². The summed E-state index contributed by atoms with van der Waals surface area (Å²) in [6, 6.07) is 4.29. The van der Waals surface area contributed by atoms with Crippen LogP contribution in [0.2, 0.25) is 0 Å². The van der Waals surface area contributed by atoms with E-state index in [1.54, 1.807) is 20.4 Å². The molecule has 1 atom stereocenters. The van der Waals surface area contributed by atoms with Gasteiger partial charge in [-0.1, -0.05) is 19.9 Å². The highest BCUT2D eigenvalue weighted by Crippen LogP contribution is 2.12. The van der Waals surface area contributed by atoms with Crippen molar-refractivity contribution in [2.75, 3.05) is 33.8 Å². The molecule has 0 radical (unpaired) electrons. The fraction of sp³-hybridized carbons (Fsp3) is 0.667. The molecule has 0 amide bonds. The molecule has 1 heterocycles. The van der Waals surface area contributed by atoms with Crippen molar-refractivity contribution in [2.45, 2.75) is 46.2 Å². The van der Waals surface area contributed by atoms with E-state index in [-0.39, 0.29) is 24.0 Å². The second-order valence-electron chi connectivity index (χ2n) is 5.81. The van der Waals surface area contributed by atoms with Crippen LogP contribution in [0.4, 0.5) is 0 Å². The molecule has 0 bridgehead atoms. The Morgan fingerprint density at radius 2 is 2.08 bits per heavy atom. The summed E-state index contributed by atoms with van der Waals surface area (Å²) in [6.45, 7) is 10.6. The van der Waals surface area contributed by atoms with Gasteiger partial charge in [-0.15, -0.1) is 24.0 Å². The van der Waals surface area contributed by atoms with E-state index in [9.17, 15) is 0 Å². The van der Waals surface area contributed by atoms with E-state index < -0.39 is 0 Å². The number of nitrogens with one attached hydrogen (secondary N) is 2. The number of halogens is 1. The summed E-state index contributed by atoms with van der Waals surface area (Å²) < 4.78 is 5.27. The lowest BCUT2D eigenvalue weighted by molar-refractivity contribution is 0.292. The maximum atomic E-state index is 5.27. The average molecular weight is 463 g/mol. The number of pyridine rings is 1. The van der Waals surface area contributed by atoms with Crippen molar-refractivity contribution in [3.05, 3.63) is 23.9 Å². The van der Waals surface area contributed by atoms with Gasteiger partial charge in [-0.25, -0.2) is 4.98 Å². The summed E-state index contributed by atoms with van der Waals surface area (Å²) in [5, 5.41) is 6.76. The lowest BCUT2D eigenvalue weighted by atomic mass is 10.2. The zero-order valence-electron chi connectivity index (χ0n) is 16.2. The molecule has 1 aromatic heterocycles. The summed E-state index contributed by atoms with van der Waals surface area (Å²) in [5.74, 6) is 1.45. The summed E-state index contributed by atoms with van der Waals surface area (Å²) in [6.07, 6.45) is 4.03. The van der Waals surface area contributed by atoms with Crippen LogP contribution in [0, 0.1) is 0 Å². The Morgan fingerprint density at radius 1 is 1.36 bits per heavy atom. The second-order valence-corrected chi connectivity index (χ2v) is 5.81. The Kier molecular flexibility index (Phi) is 13.5. The first kappa shape index (κ1) is 23.9. The minimum absolute atomic E-state index is 0. The molecule has 0 fully saturated rings. The van der Waals surface area contributed by atoms with Crippen molar-refractivity contribution in [3.63, 3.8) is 0 Å². The molecule has 0 saturated carbocycles. The first-order valence-electron chi connectivity index (χ1n) is 8.81. The summed E-state index contributed by atoms with van der Waals surface area (Å²) in [7, 11) is 3.43. The number of guanidine groups is 1. The largest absolute Gasteiger partial charge is 0.481 e. The van der Waals surface area contributed by atoms with Gasteiger partial charge in [0.15, 0.2) is 5.96 Å². The van der Waals surface area contributed by atoms with E-state index >= 15 is 0 Å². The van der Waals surface area contributed by atoms with Gasteiger partial charge < -0.3 is 20.3 Å². The van der Waals surface area contributed by atoms with Crippen LogP contribution in [-0.2, 0) is 6.54 Å². The molecule has 1 aromatic rings. The number of aliphatic imine (C=N–C) groups is 1. The number of methoxy groups -OCH3 is 1. The minimum atomic E-state index is 0. The lowest BCUT2D eigenvalue weighted by Crippen LogP contribution is -2.42. The first-order chi connectivity index (χ1) is 11.6. The van der Waals surface area contributed by atoms with E-state index in [0.717, 1.165) is 37.6 Å². The van der Waals surface area contributed by atoms with Gasteiger partial charge in [0.05, 0.1) is 7.11 Å². The van der Waals surface area contributed by atoms with E-state index in [1.807, 2.05) is 12.1 Å². The molecule has 0 aromatic carbocycles. The third-order valence-corrected chi connectivity index (χ3v) is 4.10. The topological polar surface area (TPSA) is 61.8 Å². The van der Waals surface area contributed by atoms with Gasteiger partial charge in [0.25, 0.3) is 0 Å². The highest BCUT2D eigenvalue weighted by molar-refractivity contribution is 14.0. The van der Waals surface area contributed by atoms with E-state index in [1.165, 1.54) is 6.42 Å². The molecule has 0 spiro atoms. The molecular formula is C18H34IN5O. The van der Waals surface area contributed by atoms with Gasteiger partial charge in [0.1, 0.15) is 0 Å². The van der Waals surface area contributed by atoms with Crippen molar-refractivity contribution in [2.24, 2.45) is 4.99 Å².